The number of nitrogens with zero attached hydrogens (tertiary/aromatic N) is 1. The third-order valence-electron chi connectivity index (χ3n) is 3.62. The molecule has 0 saturated carbocycles. The molecule has 102 valence electrons. The molecule has 0 aliphatic rings. The molecule has 0 heterocycles. The van der Waals surface area contributed by atoms with Crippen molar-refractivity contribution in [3.8, 4) is 0 Å². The Kier molecular flexibility index (Phi) is 5.79. The van der Waals surface area contributed by atoms with Crippen LogP contribution in [-0.2, 0) is 5.60 Å². The highest BCUT2D eigenvalue weighted by Gasteiger charge is 2.30. The average molecular weight is 250 g/mol. The van der Waals surface area contributed by atoms with Gasteiger partial charge in [0.1, 0.15) is 5.60 Å². The molecule has 3 N–H and O–H groups in total. The Bertz CT molecular complexity index is 342. The lowest BCUT2D eigenvalue weighted by Crippen LogP contribution is -2.47. The summed E-state index contributed by atoms with van der Waals surface area (Å²) in [6.07, 6.45) is 2.28. The third kappa shape index (κ3) is 3.80. The van der Waals surface area contributed by atoms with Crippen LogP contribution < -0.4 is 5.73 Å². The number of hydrogen-bond donors (Lipinski definition) is 2. The lowest BCUT2D eigenvalue weighted by molar-refractivity contribution is 0.00362. The Balaban J connectivity index is 2.77. The highest BCUT2D eigenvalue weighted by Crippen LogP contribution is 2.22. The summed E-state index contributed by atoms with van der Waals surface area (Å²) in [6, 6.07) is 10.1. The van der Waals surface area contributed by atoms with E-state index in [2.05, 4.69) is 18.7 Å². The van der Waals surface area contributed by atoms with Crippen LogP contribution in [0.2, 0.25) is 0 Å². The van der Waals surface area contributed by atoms with Crippen molar-refractivity contribution in [3.63, 3.8) is 0 Å². The molecule has 2 atom stereocenters. The van der Waals surface area contributed by atoms with E-state index in [9.17, 15) is 5.11 Å². The van der Waals surface area contributed by atoms with Gasteiger partial charge in [-0.15, -0.1) is 0 Å². The van der Waals surface area contributed by atoms with E-state index in [1.165, 1.54) is 0 Å². The number of hydrogen-bond acceptors (Lipinski definition) is 3. The first-order valence-corrected chi connectivity index (χ1v) is 6.71. The second-order valence-electron chi connectivity index (χ2n) is 5.15. The molecule has 3 heteroatoms. The first-order chi connectivity index (χ1) is 8.53. The molecular formula is C15H26N2O. The maximum atomic E-state index is 10.7. The minimum atomic E-state index is -0.960. The summed E-state index contributed by atoms with van der Waals surface area (Å²) in [5.74, 6) is 0. The van der Waals surface area contributed by atoms with E-state index < -0.39 is 5.60 Å². The van der Waals surface area contributed by atoms with Crippen LogP contribution in [-0.4, -0.2) is 36.2 Å². The van der Waals surface area contributed by atoms with Crippen LogP contribution in [0.5, 0.6) is 0 Å². The summed E-state index contributed by atoms with van der Waals surface area (Å²) in [7, 11) is 2.05. The standard InChI is InChI=1S/C15H26N2O/c1-4-8-13(2)17(3)12-15(18,11-16)14-9-6-5-7-10-14/h5-7,9-10,13,18H,4,8,11-12,16H2,1-3H3. The molecule has 0 bridgehead atoms. The molecule has 0 aliphatic heterocycles. The lowest BCUT2D eigenvalue weighted by Gasteiger charge is -2.35. The summed E-state index contributed by atoms with van der Waals surface area (Å²) in [5.41, 5.74) is 5.72. The zero-order valence-corrected chi connectivity index (χ0v) is 11.8. The van der Waals surface area contributed by atoms with E-state index in [4.69, 9.17) is 5.73 Å². The predicted molar refractivity (Wildman–Crippen MR) is 76.4 cm³/mol. The topological polar surface area (TPSA) is 49.5 Å². The van der Waals surface area contributed by atoms with Gasteiger partial charge in [0.25, 0.3) is 0 Å². The largest absolute Gasteiger partial charge is 0.382 e. The van der Waals surface area contributed by atoms with E-state index in [-0.39, 0.29) is 6.54 Å². The van der Waals surface area contributed by atoms with Gasteiger partial charge in [-0.25, -0.2) is 0 Å². The molecule has 0 aliphatic carbocycles. The summed E-state index contributed by atoms with van der Waals surface area (Å²) in [4.78, 5) is 2.18. The number of nitrogens with two attached hydrogens (primary N) is 1. The van der Waals surface area contributed by atoms with E-state index in [0.717, 1.165) is 18.4 Å². The van der Waals surface area contributed by atoms with Gasteiger partial charge in [0.2, 0.25) is 0 Å². The predicted octanol–water partition coefficient (Wildman–Crippen LogP) is 1.95. The maximum Gasteiger partial charge on any atom is 0.114 e. The molecule has 0 saturated heterocycles. The number of benzene rings is 1. The first-order valence-electron chi connectivity index (χ1n) is 6.71. The number of rotatable bonds is 7. The van der Waals surface area contributed by atoms with Crippen LogP contribution in [0.1, 0.15) is 32.3 Å². The molecule has 3 nitrogen and oxygen atoms in total. The van der Waals surface area contributed by atoms with Crippen LogP contribution in [0.3, 0.4) is 0 Å². The first kappa shape index (κ1) is 15.2. The Morgan fingerprint density at radius 2 is 1.94 bits per heavy atom. The quantitative estimate of drug-likeness (QED) is 0.777. The molecule has 0 aromatic heterocycles. The van der Waals surface area contributed by atoms with E-state index >= 15 is 0 Å². The number of likely N-dealkylation sites (N-methyl/N-ethyl adjacent to an activating group) is 1. The molecule has 0 fully saturated rings. The molecule has 1 aromatic carbocycles. The van der Waals surface area contributed by atoms with Gasteiger partial charge in [0.05, 0.1) is 0 Å². The fourth-order valence-electron chi connectivity index (χ4n) is 2.23. The van der Waals surface area contributed by atoms with Crippen LogP contribution in [0.25, 0.3) is 0 Å². The Morgan fingerprint density at radius 3 is 2.44 bits per heavy atom. The molecule has 1 rings (SSSR count). The zero-order chi connectivity index (χ0) is 13.6. The van der Waals surface area contributed by atoms with E-state index in [1.807, 2.05) is 37.4 Å². The zero-order valence-electron chi connectivity index (χ0n) is 11.8. The fraction of sp³-hybridized carbons (Fsp3) is 0.600. The Morgan fingerprint density at radius 1 is 1.33 bits per heavy atom. The summed E-state index contributed by atoms with van der Waals surface area (Å²) in [5, 5.41) is 10.7. The lowest BCUT2D eigenvalue weighted by atomic mass is 9.92. The smallest absolute Gasteiger partial charge is 0.114 e. The van der Waals surface area contributed by atoms with Crippen LogP contribution in [0.15, 0.2) is 30.3 Å². The monoisotopic (exact) mass is 250 g/mol. The normalized spacial score (nSPS) is 16.6. The van der Waals surface area contributed by atoms with Crippen LogP contribution >= 0.6 is 0 Å². The summed E-state index contributed by atoms with van der Waals surface area (Å²) < 4.78 is 0. The second-order valence-corrected chi connectivity index (χ2v) is 5.15. The molecule has 0 amide bonds. The highest BCUT2D eigenvalue weighted by molar-refractivity contribution is 5.23. The minimum absolute atomic E-state index is 0.236. The molecular weight excluding hydrogens is 224 g/mol. The van der Waals surface area contributed by atoms with Gasteiger partial charge in [-0.05, 0) is 26.0 Å². The van der Waals surface area contributed by atoms with Gasteiger partial charge >= 0.3 is 0 Å². The molecule has 0 spiro atoms. The van der Waals surface area contributed by atoms with Gasteiger partial charge in [0.15, 0.2) is 0 Å². The summed E-state index contributed by atoms with van der Waals surface area (Å²) in [6.45, 7) is 5.16. The van der Waals surface area contributed by atoms with E-state index in [0.29, 0.717) is 12.6 Å². The number of aliphatic hydroxyl groups is 1. The van der Waals surface area contributed by atoms with Crippen molar-refractivity contribution < 1.29 is 5.11 Å². The van der Waals surface area contributed by atoms with Crippen molar-refractivity contribution in [1.82, 2.24) is 4.90 Å². The Hall–Kier alpha value is -0.900. The molecule has 18 heavy (non-hydrogen) atoms. The van der Waals surface area contributed by atoms with Gasteiger partial charge in [-0.2, -0.15) is 0 Å². The minimum Gasteiger partial charge on any atom is -0.382 e. The second kappa shape index (κ2) is 6.88. The molecule has 1 aromatic rings. The van der Waals surface area contributed by atoms with Gasteiger partial charge in [0, 0.05) is 19.1 Å². The van der Waals surface area contributed by atoms with Crippen molar-refractivity contribution in [2.24, 2.45) is 5.73 Å². The van der Waals surface area contributed by atoms with Gasteiger partial charge in [-0.1, -0.05) is 43.7 Å². The van der Waals surface area contributed by atoms with Crippen molar-refractivity contribution >= 4 is 0 Å². The summed E-state index contributed by atoms with van der Waals surface area (Å²) >= 11 is 0. The van der Waals surface area contributed by atoms with Gasteiger partial charge < -0.3 is 15.7 Å². The highest BCUT2D eigenvalue weighted by atomic mass is 16.3. The average Bonchev–Trinajstić information content (AvgIpc) is 2.39. The van der Waals surface area contributed by atoms with Crippen LogP contribution in [0, 0.1) is 0 Å². The fourth-order valence-corrected chi connectivity index (χ4v) is 2.23. The van der Waals surface area contributed by atoms with Crippen LogP contribution in [0.4, 0.5) is 0 Å². The Labute approximate surface area is 111 Å². The van der Waals surface area contributed by atoms with Crippen molar-refractivity contribution in [2.45, 2.75) is 38.3 Å². The molecule has 2 unspecified atom stereocenters. The van der Waals surface area contributed by atoms with Gasteiger partial charge in [-0.3, -0.25) is 0 Å². The van der Waals surface area contributed by atoms with Crippen molar-refractivity contribution in [2.75, 3.05) is 20.1 Å². The SMILES string of the molecule is CCCC(C)N(C)CC(O)(CN)c1ccccc1. The van der Waals surface area contributed by atoms with E-state index in [1.54, 1.807) is 0 Å². The van der Waals surface area contributed by atoms with Crippen molar-refractivity contribution in [3.05, 3.63) is 35.9 Å². The third-order valence-corrected chi connectivity index (χ3v) is 3.62. The maximum absolute atomic E-state index is 10.7. The van der Waals surface area contributed by atoms with Crippen molar-refractivity contribution in [1.29, 1.82) is 0 Å². The molecule has 0 radical (unpaired) electrons.